The van der Waals surface area contributed by atoms with E-state index >= 15 is 0 Å². The van der Waals surface area contributed by atoms with Crippen molar-refractivity contribution in [2.24, 2.45) is 0 Å². The van der Waals surface area contributed by atoms with Crippen molar-refractivity contribution >= 4 is 11.9 Å². The van der Waals surface area contributed by atoms with Crippen LogP contribution in [0.15, 0.2) is 0 Å². The number of hydrogen-bond acceptors (Lipinski definition) is 11. The van der Waals surface area contributed by atoms with Crippen molar-refractivity contribution < 1.29 is 52.2 Å². The van der Waals surface area contributed by atoms with Gasteiger partial charge in [-0.05, 0) is 6.92 Å². The molecule has 0 fully saturated rings. The molecule has 0 amide bonds. The van der Waals surface area contributed by atoms with Crippen LogP contribution in [0.1, 0.15) is 13.3 Å². The van der Waals surface area contributed by atoms with Gasteiger partial charge in [-0.1, -0.05) is 0 Å². The van der Waals surface area contributed by atoms with E-state index in [2.05, 4.69) is 4.74 Å². The largest absolute Gasteiger partial charge is 0.467 e. The van der Waals surface area contributed by atoms with Crippen LogP contribution in [0.2, 0.25) is 0 Å². The highest BCUT2D eigenvalue weighted by Crippen LogP contribution is 1.89. The summed E-state index contributed by atoms with van der Waals surface area (Å²) >= 11 is 0. The van der Waals surface area contributed by atoms with E-state index in [1.807, 2.05) is 0 Å². The lowest BCUT2D eigenvalue weighted by Gasteiger charge is -2.08. The lowest BCUT2D eigenvalue weighted by atomic mass is 10.5. The number of esters is 2. The van der Waals surface area contributed by atoms with Crippen molar-refractivity contribution in [2.75, 3.05) is 106 Å². The number of methoxy groups -OCH3 is 1. The van der Waals surface area contributed by atoms with Gasteiger partial charge in [0.1, 0.15) is 6.61 Å². The van der Waals surface area contributed by atoms with E-state index < -0.39 is 5.97 Å². The zero-order chi connectivity index (χ0) is 22.8. The van der Waals surface area contributed by atoms with Gasteiger partial charge in [0.2, 0.25) is 0 Å². The van der Waals surface area contributed by atoms with Crippen LogP contribution < -0.4 is 0 Å². The molecule has 0 aromatic heterocycles. The molecule has 0 N–H and O–H groups in total. The molecule has 11 heteroatoms. The minimum atomic E-state index is -0.409. The van der Waals surface area contributed by atoms with E-state index in [4.69, 9.17) is 37.9 Å². The predicted octanol–water partition coefficient (Wildman–Crippen LogP) is 0.229. The summed E-state index contributed by atoms with van der Waals surface area (Å²) < 4.78 is 46.3. The second-order valence-corrected chi connectivity index (χ2v) is 5.86. The minimum Gasteiger partial charge on any atom is -0.467 e. The molecule has 0 rings (SSSR count). The van der Waals surface area contributed by atoms with Gasteiger partial charge in [-0.15, -0.1) is 0 Å². The quantitative estimate of drug-likeness (QED) is 0.147. The van der Waals surface area contributed by atoms with Gasteiger partial charge >= 0.3 is 11.9 Å². The molecule has 0 aromatic rings. The Morgan fingerprint density at radius 1 is 0.516 bits per heavy atom. The van der Waals surface area contributed by atoms with Gasteiger partial charge in [-0.25, -0.2) is 4.79 Å². The van der Waals surface area contributed by atoms with Gasteiger partial charge in [0.05, 0.1) is 106 Å². The van der Waals surface area contributed by atoms with E-state index in [0.29, 0.717) is 92.5 Å². The number of ether oxygens (including phenoxy) is 9. The molecule has 0 heterocycles. The minimum absolute atomic E-state index is 0.0702. The number of carbonyl (C=O) groups excluding carboxylic acids is 2. The fraction of sp³-hybridized carbons (Fsp3) is 0.900. The fourth-order valence-electron chi connectivity index (χ4n) is 1.92. The Kier molecular flexibility index (Phi) is 23.8. The smallest absolute Gasteiger partial charge is 0.331 e. The van der Waals surface area contributed by atoms with Gasteiger partial charge < -0.3 is 42.6 Å². The summed E-state index contributed by atoms with van der Waals surface area (Å²) in [4.78, 5) is 21.9. The average Bonchev–Trinajstić information content (AvgIpc) is 2.77. The maximum Gasteiger partial charge on any atom is 0.331 e. The molecule has 0 bridgehead atoms. The highest BCUT2D eigenvalue weighted by molar-refractivity contribution is 5.70. The summed E-state index contributed by atoms with van der Waals surface area (Å²) in [5.41, 5.74) is 0. The molecule has 0 unspecified atom stereocenters. The standard InChI is InChI=1S/C20H38O11/c1-3-31-19(21)4-5-24-6-7-25-8-9-26-10-11-27-12-13-28-14-15-29-16-17-30-18-20(22)23-2/h3-18H2,1-2H3. The first-order chi connectivity index (χ1) is 15.2. The van der Waals surface area contributed by atoms with Crippen molar-refractivity contribution in [3.8, 4) is 0 Å². The summed E-state index contributed by atoms with van der Waals surface area (Å²) in [5.74, 6) is -0.663. The number of carbonyl (C=O) groups is 2. The van der Waals surface area contributed by atoms with E-state index in [0.717, 1.165) is 0 Å². The average molecular weight is 455 g/mol. The molecule has 0 saturated heterocycles. The Labute approximate surface area is 184 Å². The van der Waals surface area contributed by atoms with Crippen molar-refractivity contribution in [3.63, 3.8) is 0 Å². The van der Waals surface area contributed by atoms with Gasteiger partial charge in [-0.2, -0.15) is 0 Å². The maximum absolute atomic E-state index is 11.1. The van der Waals surface area contributed by atoms with Crippen molar-refractivity contribution in [1.29, 1.82) is 0 Å². The summed E-state index contributed by atoms with van der Waals surface area (Å²) in [6.07, 6.45) is 0.255. The zero-order valence-corrected chi connectivity index (χ0v) is 18.8. The van der Waals surface area contributed by atoms with Crippen LogP contribution in [-0.4, -0.2) is 118 Å². The van der Waals surface area contributed by atoms with E-state index in [1.54, 1.807) is 6.92 Å². The molecule has 0 aliphatic carbocycles. The Morgan fingerprint density at radius 2 is 0.871 bits per heavy atom. The van der Waals surface area contributed by atoms with Crippen LogP contribution in [0.25, 0.3) is 0 Å². The van der Waals surface area contributed by atoms with Crippen LogP contribution in [0.4, 0.5) is 0 Å². The van der Waals surface area contributed by atoms with Crippen LogP contribution in [0.5, 0.6) is 0 Å². The molecule has 0 saturated carbocycles. The first kappa shape index (κ1) is 29.7. The Balaban J connectivity index is 3.06. The molecular formula is C20H38O11. The zero-order valence-electron chi connectivity index (χ0n) is 18.8. The van der Waals surface area contributed by atoms with Crippen molar-refractivity contribution in [1.82, 2.24) is 0 Å². The molecule has 0 aliphatic heterocycles. The Hall–Kier alpha value is -1.34. The van der Waals surface area contributed by atoms with Crippen LogP contribution in [0, 0.1) is 0 Å². The Morgan fingerprint density at radius 3 is 1.23 bits per heavy atom. The highest BCUT2D eigenvalue weighted by Gasteiger charge is 2.01. The highest BCUT2D eigenvalue weighted by atomic mass is 16.6. The van der Waals surface area contributed by atoms with Crippen molar-refractivity contribution in [3.05, 3.63) is 0 Å². The second kappa shape index (κ2) is 24.9. The topological polar surface area (TPSA) is 117 Å². The van der Waals surface area contributed by atoms with E-state index in [1.165, 1.54) is 7.11 Å². The SMILES string of the molecule is CCOC(=O)CCOCCOCCOCCOCCOCCOCCOCC(=O)OC. The fourth-order valence-corrected chi connectivity index (χ4v) is 1.92. The molecule has 0 aromatic carbocycles. The third-order valence-electron chi connectivity index (χ3n) is 3.44. The normalized spacial score (nSPS) is 10.9. The van der Waals surface area contributed by atoms with Gasteiger partial charge in [-0.3, -0.25) is 4.79 Å². The van der Waals surface area contributed by atoms with Crippen LogP contribution in [-0.2, 0) is 52.2 Å². The van der Waals surface area contributed by atoms with Gasteiger partial charge in [0, 0.05) is 0 Å². The monoisotopic (exact) mass is 454 g/mol. The second-order valence-electron chi connectivity index (χ2n) is 5.86. The first-order valence-corrected chi connectivity index (χ1v) is 10.5. The predicted molar refractivity (Wildman–Crippen MR) is 109 cm³/mol. The molecular weight excluding hydrogens is 416 g/mol. The molecule has 0 spiro atoms. The van der Waals surface area contributed by atoms with Crippen LogP contribution in [0.3, 0.4) is 0 Å². The Bertz CT molecular complexity index is 407. The summed E-state index contributed by atoms with van der Waals surface area (Å²) in [7, 11) is 1.31. The molecule has 31 heavy (non-hydrogen) atoms. The van der Waals surface area contributed by atoms with E-state index in [-0.39, 0.29) is 19.0 Å². The third kappa shape index (κ3) is 24.8. The molecule has 0 atom stereocenters. The third-order valence-corrected chi connectivity index (χ3v) is 3.44. The summed E-state index contributed by atoms with van der Waals surface area (Å²) in [5, 5.41) is 0. The summed E-state index contributed by atoms with van der Waals surface area (Å²) in [6, 6.07) is 0. The lowest BCUT2D eigenvalue weighted by molar-refractivity contribution is -0.146. The van der Waals surface area contributed by atoms with E-state index in [9.17, 15) is 9.59 Å². The molecule has 11 nitrogen and oxygen atoms in total. The maximum atomic E-state index is 11.1. The molecule has 0 radical (unpaired) electrons. The lowest BCUT2D eigenvalue weighted by Crippen LogP contribution is -2.16. The summed E-state index contributed by atoms with van der Waals surface area (Å²) in [6.45, 7) is 7.77. The first-order valence-electron chi connectivity index (χ1n) is 10.5. The number of hydrogen-bond donors (Lipinski definition) is 0. The van der Waals surface area contributed by atoms with Crippen molar-refractivity contribution in [2.45, 2.75) is 13.3 Å². The molecule has 0 aliphatic rings. The van der Waals surface area contributed by atoms with Gasteiger partial charge in [0.15, 0.2) is 0 Å². The molecule has 184 valence electrons. The van der Waals surface area contributed by atoms with Crippen LogP contribution >= 0.6 is 0 Å². The van der Waals surface area contributed by atoms with Gasteiger partial charge in [0.25, 0.3) is 0 Å². The number of rotatable bonds is 24.